The summed E-state index contributed by atoms with van der Waals surface area (Å²) >= 11 is 0. The lowest BCUT2D eigenvalue weighted by molar-refractivity contribution is -0.167. The van der Waals surface area contributed by atoms with Crippen molar-refractivity contribution in [3.63, 3.8) is 0 Å². The predicted octanol–water partition coefficient (Wildman–Crippen LogP) is 8.31. The van der Waals surface area contributed by atoms with E-state index in [2.05, 4.69) is 41.5 Å². The Kier molecular flexibility index (Phi) is 6.94. The van der Waals surface area contributed by atoms with Gasteiger partial charge in [0.2, 0.25) is 0 Å². The minimum absolute atomic E-state index is 0.00846. The summed E-state index contributed by atoms with van der Waals surface area (Å²) in [5.41, 5.74) is 4.44. The fourth-order valence-electron chi connectivity index (χ4n) is 9.89. The summed E-state index contributed by atoms with van der Waals surface area (Å²) in [6, 6.07) is 0. The van der Waals surface area contributed by atoms with Gasteiger partial charge in [0, 0.05) is 24.7 Å². The van der Waals surface area contributed by atoms with Gasteiger partial charge in [-0.2, -0.15) is 0 Å². The number of carbonyl (C=O) groups excluding carboxylic acids is 2. The van der Waals surface area contributed by atoms with Crippen molar-refractivity contribution < 1.29 is 14.3 Å². The number of ether oxygens (including phenoxy) is 1. The van der Waals surface area contributed by atoms with Crippen molar-refractivity contribution in [2.75, 3.05) is 0 Å². The van der Waals surface area contributed by atoms with Crippen LogP contribution in [0.4, 0.5) is 0 Å². The van der Waals surface area contributed by atoms with Crippen LogP contribution in [0.15, 0.2) is 11.1 Å². The lowest BCUT2D eigenvalue weighted by atomic mass is 9.43. The fraction of sp³-hybridized carbons (Fsp3) is 0.875. The van der Waals surface area contributed by atoms with Gasteiger partial charge in [-0.05, 0) is 91.8 Å². The zero-order valence-corrected chi connectivity index (χ0v) is 24.2. The zero-order valence-electron chi connectivity index (χ0n) is 24.2. The number of Topliss-reactive ketones (excluding diaryl/α,β-unsaturated/α-hetero) is 1. The quantitative estimate of drug-likeness (QED) is 0.281. The average molecular weight is 485 g/mol. The molecule has 2 fully saturated rings. The number of hydrogen-bond donors (Lipinski definition) is 0. The Morgan fingerprint density at radius 1 is 0.914 bits per heavy atom. The summed E-state index contributed by atoms with van der Waals surface area (Å²) in [5, 5.41) is 0. The smallest absolute Gasteiger partial charge is 0.302 e. The van der Waals surface area contributed by atoms with Gasteiger partial charge in [-0.3, -0.25) is 9.59 Å². The van der Waals surface area contributed by atoms with Crippen molar-refractivity contribution >= 4 is 11.8 Å². The van der Waals surface area contributed by atoms with Crippen LogP contribution in [0.3, 0.4) is 0 Å². The predicted molar refractivity (Wildman–Crippen MR) is 143 cm³/mol. The molecule has 4 rings (SSSR count). The molecule has 0 spiro atoms. The number of hydrogen-bond acceptors (Lipinski definition) is 3. The van der Waals surface area contributed by atoms with E-state index >= 15 is 0 Å². The molecular formula is C32H52O3. The van der Waals surface area contributed by atoms with Gasteiger partial charge >= 0.3 is 5.97 Å². The molecule has 0 aliphatic heterocycles. The second kappa shape index (κ2) is 9.02. The number of carbonyl (C=O) groups is 2. The van der Waals surface area contributed by atoms with Crippen LogP contribution in [-0.4, -0.2) is 17.9 Å². The first-order valence-electron chi connectivity index (χ1n) is 14.6. The van der Waals surface area contributed by atoms with Crippen molar-refractivity contribution in [1.82, 2.24) is 0 Å². The molecule has 0 aromatic carbocycles. The summed E-state index contributed by atoms with van der Waals surface area (Å²) in [6.07, 6.45) is 11.5. The molecular weight excluding hydrogens is 432 g/mol. The third-order valence-electron chi connectivity index (χ3n) is 12.2. The van der Waals surface area contributed by atoms with E-state index in [1.54, 1.807) is 18.1 Å². The Morgan fingerprint density at radius 2 is 1.60 bits per heavy atom. The highest BCUT2D eigenvalue weighted by molar-refractivity contribution is 5.80. The summed E-state index contributed by atoms with van der Waals surface area (Å²) in [7, 11) is 0. The molecule has 2 unspecified atom stereocenters. The maximum atomic E-state index is 12.3. The molecule has 4 aliphatic carbocycles. The van der Waals surface area contributed by atoms with Crippen LogP contribution in [0.25, 0.3) is 0 Å². The number of ketones is 1. The summed E-state index contributed by atoms with van der Waals surface area (Å²) in [5.74, 6) is 2.34. The van der Waals surface area contributed by atoms with Crippen molar-refractivity contribution in [1.29, 1.82) is 0 Å². The molecule has 3 heteroatoms. The molecule has 3 nitrogen and oxygen atoms in total. The van der Waals surface area contributed by atoms with Gasteiger partial charge in [-0.15, -0.1) is 0 Å². The summed E-state index contributed by atoms with van der Waals surface area (Å²) in [6.45, 7) is 20.5. The monoisotopic (exact) mass is 484 g/mol. The van der Waals surface area contributed by atoms with Gasteiger partial charge in [0.1, 0.15) is 11.9 Å². The fourth-order valence-corrected chi connectivity index (χ4v) is 9.89. The van der Waals surface area contributed by atoms with E-state index in [0.717, 1.165) is 25.7 Å². The minimum atomic E-state index is -0.135. The standard InChI is InChI=1S/C32H52O3/c1-20(2)26(34)12-10-21(3)23-14-18-32(9)25-11-13-27-29(5,6)28(35-22(4)33)16-17-30(27,7)24(25)15-19-31(23,32)8/h20-21,23,27-28H,10-19H2,1-9H3/t21-,23-,27?,28?,30-,31-,32+/m1/s1. The minimum Gasteiger partial charge on any atom is -0.462 e. The third kappa shape index (κ3) is 4.06. The molecule has 198 valence electrons. The second-order valence-corrected chi connectivity index (χ2v) is 14.5. The Bertz CT molecular complexity index is 896. The average Bonchev–Trinajstić information content (AvgIpc) is 3.05. The molecule has 7 atom stereocenters. The Morgan fingerprint density at radius 3 is 2.23 bits per heavy atom. The topological polar surface area (TPSA) is 43.4 Å². The Hall–Kier alpha value is -1.12. The number of esters is 1. The molecule has 0 radical (unpaired) electrons. The van der Waals surface area contributed by atoms with Crippen LogP contribution < -0.4 is 0 Å². The largest absolute Gasteiger partial charge is 0.462 e. The van der Waals surface area contributed by atoms with Crippen LogP contribution in [0, 0.1) is 45.3 Å². The molecule has 0 heterocycles. The van der Waals surface area contributed by atoms with E-state index in [1.807, 2.05) is 13.8 Å². The van der Waals surface area contributed by atoms with Gasteiger partial charge in [0.25, 0.3) is 0 Å². The van der Waals surface area contributed by atoms with E-state index in [-0.39, 0.29) is 34.2 Å². The normalized spacial score (nSPS) is 41.1. The summed E-state index contributed by atoms with van der Waals surface area (Å²) in [4.78, 5) is 24.2. The van der Waals surface area contributed by atoms with E-state index in [1.165, 1.54) is 38.5 Å². The van der Waals surface area contributed by atoms with E-state index in [4.69, 9.17) is 4.74 Å². The highest BCUT2D eigenvalue weighted by Gasteiger charge is 2.63. The number of allylic oxidation sites excluding steroid dienone is 2. The Labute approximate surface area is 215 Å². The molecule has 35 heavy (non-hydrogen) atoms. The van der Waals surface area contributed by atoms with Gasteiger partial charge < -0.3 is 4.74 Å². The maximum Gasteiger partial charge on any atom is 0.302 e. The van der Waals surface area contributed by atoms with Gasteiger partial charge in [0.05, 0.1) is 0 Å². The molecule has 0 amide bonds. The van der Waals surface area contributed by atoms with Crippen LogP contribution in [0.5, 0.6) is 0 Å². The van der Waals surface area contributed by atoms with Crippen LogP contribution in [0.1, 0.15) is 127 Å². The van der Waals surface area contributed by atoms with Gasteiger partial charge in [0.15, 0.2) is 0 Å². The first kappa shape index (κ1) is 26.9. The van der Waals surface area contributed by atoms with Crippen molar-refractivity contribution in [2.45, 2.75) is 133 Å². The lowest BCUT2D eigenvalue weighted by Crippen LogP contribution is -2.55. The zero-order chi connectivity index (χ0) is 26.0. The van der Waals surface area contributed by atoms with Gasteiger partial charge in [-0.1, -0.05) is 66.5 Å². The summed E-state index contributed by atoms with van der Waals surface area (Å²) < 4.78 is 5.86. The Balaban J connectivity index is 1.61. The van der Waals surface area contributed by atoms with E-state index in [0.29, 0.717) is 29.0 Å². The van der Waals surface area contributed by atoms with Crippen LogP contribution in [0.2, 0.25) is 0 Å². The second-order valence-electron chi connectivity index (χ2n) is 14.5. The first-order chi connectivity index (χ1) is 16.2. The molecule has 4 aliphatic rings. The number of fused-ring (bicyclic) bond motifs is 4. The molecule has 0 bridgehead atoms. The number of rotatable bonds is 6. The van der Waals surface area contributed by atoms with E-state index < -0.39 is 0 Å². The molecule has 0 aromatic rings. The SMILES string of the molecule is CC(=O)OC1CC[C@]2(C)C3=C(CCC2C1(C)C)[C@]1(C)CC[C@H]([C@H](C)CCC(=O)C(C)C)[C@@]1(C)CC3. The van der Waals surface area contributed by atoms with Gasteiger partial charge in [-0.25, -0.2) is 0 Å². The molecule has 0 aromatic heterocycles. The molecule has 0 saturated heterocycles. The maximum absolute atomic E-state index is 12.3. The van der Waals surface area contributed by atoms with Crippen molar-refractivity contribution in [3.8, 4) is 0 Å². The van der Waals surface area contributed by atoms with Crippen molar-refractivity contribution in [2.24, 2.45) is 45.3 Å². The van der Waals surface area contributed by atoms with Crippen LogP contribution in [-0.2, 0) is 14.3 Å². The van der Waals surface area contributed by atoms with Crippen molar-refractivity contribution in [3.05, 3.63) is 11.1 Å². The molecule has 0 N–H and O–H groups in total. The van der Waals surface area contributed by atoms with Crippen LogP contribution >= 0.6 is 0 Å². The third-order valence-corrected chi connectivity index (χ3v) is 12.2. The first-order valence-corrected chi connectivity index (χ1v) is 14.6. The lowest BCUT2D eigenvalue weighted by Gasteiger charge is -2.62. The highest BCUT2D eigenvalue weighted by atomic mass is 16.5. The highest BCUT2D eigenvalue weighted by Crippen LogP contribution is 2.72. The van der Waals surface area contributed by atoms with E-state index in [9.17, 15) is 9.59 Å². The molecule has 2 saturated carbocycles.